The zero-order chi connectivity index (χ0) is 31.7. The number of thiophene rings is 1. The first-order valence-corrected chi connectivity index (χ1v) is 19.0. The van der Waals surface area contributed by atoms with Gasteiger partial charge in [0.05, 0.1) is 43.9 Å². The summed E-state index contributed by atoms with van der Waals surface area (Å²) < 4.78 is 40.9. The van der Waals surface area contributed by atoms with Crippen LogP contribution in [-0.4, -0.2) is 57.5 Å². The topological polar surface area (TPSA) is 146 Å². The highest BCUT2D eigenvalue weighted by Crippen LogP contribution is 2.54. The summed E-state index contributed by atoms with van der Waals surface area (Å²) in [4.78, 5) is 20.2. The Morgan fingerprint density at radius 3 is 2.72 bits per heavy atom. The Kier molecular flexibility index (Phi) is 7.13. The van der Waals surface area contributed by atoms with E-state index in [1.807, 2.05) is 18.3 Å². The first-order chi connectivity index (χ1) is 22.9. The van der Waals surface area contributed by atoms with Gasteiger partial charge in [-0.2, -0.15) is 0 Å². The van der Waals surface area contributed by atoms with Crippen LogP contribution >= 0.6 is 11.3 Å². The number of fused-ring (bicyclic) bond motifs is 3. The maximum Gasteiger partial charge on any atom is 0.250 e. The highest BCUT2D eigenvalue weighted by atomic mass is 32.2. The van der Waals surface area contributed by atoms with Crippen molar-refractivity contribution in [3.63, 3.8) is 0 Å². The fourth-order valence-corrected chi connectivity index (χ4v) is 11.0. The SMILES string of the molecule is Cc1nnc(-c2c(CCC3CCOCC3)nc3c(c2-c2cc4ncnc(N[C@@H]5CCc6ncccc65)c4s2)S(=O)(=O)CC3C2CC2)o1. The molecule has 9 rings (SSSR count). The van der Waals surface area contributed by atoms with Crippen LogP contribution in [0.15, 0.2) is 40.0 Å². The molecule has 1 saturated heterocycles. The Hall–Kier alpha value is -3.81. The van der Waals surface area contributed by atoms with Crippen molar-refractivity contribution in [1.82, 2.24) is 30.1 Å². The lowest BCUT2D eigenvalue weighted by Gasteiger charge is -2.23. The van der Waals surface area contributed by atoms with Crippen molar-refractivity contribution < 1.29 is 17.6 Å². The summed E-state index contributed by atoms with van der Waals surface area (Å²) >= 11 is 1.50. The fraction of sp³-hybridized carbons (Fsp3) is 0.471. The van der Waals surface area contributed by atoms with E-state index < -0.39 is 9.84 Å². The van der Waals surface area contributed by atoms with Crippen molar-refractivity contribution in [3.05, 3.63) is 59.3 Å². The Morgan fingerprint density at radius 1 is 1.04 bits per heavy atom. The second-order valence-electron chi connectivity index (χ2n) is 13.3. The molecule has 4 aliphatic rings. The largest absolute Gasteiger partial charge is 0.421 e. The van der Waals surface area contributed by atoms with Gasteiger partial charge in [-0.25, -0.2) is 18.4 Å². The van der Waals surface area contributed by atoms with Gasteiger partial charge in [0, 0.05) is 48.4 Å². The number of sulfone groups is 1. The number of anilines is 1. The molecule has 1 unspecified atom stereocenters. The maximum atomic E-state index is 14.2. The molecule has 0 radical (unpaired) electrons. The second-order valence-corrected chi connectivity index (χ2v) is 16.3. The summed E-state index contributed by atoms with van der Waals surface area (Å²) in [6.07, 6.45) is 10.9. The van der Waals surface area contributed by atoms with Crippen molar-refractivity contribution in [2.45, 2.75) is 75.1 Å². The summed E-state index contributed by atoms with van der Waals surface area (Å²) in [6, 6.07) is 6.16. The van der Waals surface area contributed by atoms with E-state index in [9.17, 15) is 8.42 Å². The van der Waals surface area contributed by atoms with Crippen LogP contribution in [0.4, 0.5) is 5.82 Å². The van der Waals surface area contributed by atoms with Gasteiger partial charge in [0.15, 0.2) is 9.84 Å². The standard InChI is InChI=1S/C34H35N7O4S2/c1-18-40-41-34(45-18)28-25(7-4-19-10-13-44-14-11-19)38-30-22(20-5-6-20)16-47(42,43)32(30)29(28)27-15-26-31(46-27)33(37-17-36-26)39-24-9-8-23-21(24)3-2-12-35-23/h2-3,12,15,17,19-20,22,24H,4-11,13-14,16H2,1H3,(H,36,37,39)/t22?,24-/m1/s1. The molecule has 0 amide bonds. The van der Waals surface area contributed by atoms with E-state index in [4.69, 9.17) is 14.1 Å². The lowest BCUT2D eigenvalue weighted by Crippen LogP contribution is -2.17. The number of pyridine rings is 2. The van der Waals surface area contributed by atoms with E-state index in [0.717, 1.165) is 90.5 Å². The maximum absolute atomic E-state index is 14.2. The molecule has 242 valence electrons. The van der Waals surface area contributed by atoms with E-state index in [-0.39, 0.29) is 17.7 Å². The van der Waals surface area contributed by atoms with E-state index in [0.29, 0.717) is 51.8 Å². The van der Waals surface area contributed by atoms with Gasteiger partial charge in [0.1, 0.15) is 12.1 Å². The molecule has 2 aliphatic carbocycles. The van der Waals surface area contributed by atoms with Gasteiger partial charge in [-0.1, -0.05) is 6.07 Å². The molecule has 0 bridgehead atoms. The minimum atomic E-state index is -3.63. The van der Waals surface area contributed by atoms with Crippen molar-refractivity contribution in [2.24, 2.45) is 11.8 Å². The number of nitrogens with zero attached hydrogens (tertiary/aromatic N) is 6. The monoisotopic (exact) mass is 669 g/mol. The predicted molar refractivity (Wildman–Crippen MR) is 177 cm³/mol. The van der Waals surface area contributed by atoms with Gasteiger partial charge in [-0.15, -0.1) is 21.5 Å². The van der Waals surface area contributed by atoms with Gasteiger partial charge in [0.25, 0.3) is 0 Å². The molecule has 11 nitrogen and oxygen atoms in total. The summed E-state index contributed by atoms with van der Waals surface area (Å²) in [5.41, 5.74) is 5.83. The van der Waals surface area contributed by atoms with Gasteiger partial charge in [-0.3, -0.25) is 9.97 Å². The average Bonchev–Trinajstić information content (AvgIpc) is 3.36. The molecule has 0 spiro atoms. The normalized spacial score (nSPS) is 22.1. The van der Waals surface area contributed by atoms with Gasteiger partial charge < -0.3 is 14.5 Å². The van der Waals surface area contributed by atoms with Crippen LogP contribution in [0.1, 0.15) is 79.0 Å². The first kappa shape index (κ1) is 29.3. The molecule has 0 aromatic carbocycles. The second kappa shape index (κ2) is 11.4. The van der Waals surface area contributed by atoms with Crippen LogP contribution in [0.3, 0.4) is 0 Å². The van der Waals surface area contributed by atoms with Crippen LogP contribution in [0, 0.1) is 18.8 Å². The van der Waals surface area contributed by atoms with Crippen molar-refractivity contribution >= 4 is 37.2 Å². The molecule has 1 N–H and O–H groups in total. The average molecular weight is 670 g/mol. The third-order valence-electron chi connectivity index (χ3n) is 10.2. The number of nitrogens with one attached hydrogen (secondary N) is 1. The highest BCUT2D eigenvalue weighted by molar-refractivity contribution is 7.92. The number of rotatable bonds is 8. The third-order valence-corrected chi connectivity index (χ3v) is 13.2. The number of aryl methyl sites for hydroxylation is 3. The molecule has 5 aromatic heterocycles. The summed E-state index contributed by atoms with van der Waals surface area (Å²) in [7, 11) is -3.63. The smallest absolute Gasteiger partial charge is 0.250 e. The zero-order valence-electron chi connectivity index (χ0n) is 26.1. The summed E-state index contributed by atoms with van der Waals surface area (Å²) in [6.45, 7) is 3.29. The third kappa shape index (κ3) is 5.23. The lowest BCUT2D eigenvalue weighted by atomic mass is 9.90. The molecular weight excluding hydrogens is 635 g/mol. The molecule has 47 heavy (non-hydrogen) atoms. The van der Waals surface area contributed by atoms with E-state index in [1.54, 1.807) is 13.3 Å². The Labute approximate surface area is 276 Å². The number of hydrogen-bond donors (Lipinski definition) is 1. The Morgan fingerprint density at radius 2 is 1.91 bits per heavy atom. The molecule has 2 aliphatic heterocycles. The van der Waals surface area contributed by atoms with E-state index >= 15 is 0 Å². The van der Waals surface area contributed by atoms with Crippen molar-refractivity contribution in [2.75, 3.05) is 24.3 Å². The quantitative estimate of drug-likeness (QED) is 0.200. The number of ether oxygens (including phenoxy) is 1. The Bertz CT molecular complexity index is 2120. The van der Waals surface area contributed by atoms with Crippen LogP contribution in [0.25, 0.3) is 32.1 Å². The van der Waals surface area contributed by atoms with E-state index in [1.165, 1.54) is 16.9 Å². The van der Waals surface area contributed by atoms with E-state index in [2.05, 4.69) is 36.5 Å². The number of aromatic nitrogens is 6. The van der Waals surface area contributed by atoms with Crippen molar-refractivity contribution in [1.29, 1.82) is 0 Å². The lowest BCUT2D eigenvalue weighted by molar-refractivity contribution is 0.0639. The highest BCUT2D eigenvalue weighted by Gasteiger charge is 2.47. The molecular formula is C34H35N7O4S2. The van der Waals surface area contributed by atoms with Crippen LogP contribution < -0.4 is 5.32 Å². The fourth-order valence-electron chi connectivity index (χ4n) is 7.69. The van der Waals surface area contributed by atoms with Crippen LogP contribution in [-0.2, 0) is 27.4 Å². The van der Waals surface area contributed by atoms with Crippen LogP contribution in [0.5, 0.6) is 0 Å². The first-order valence-electron chi connectivity index (χ1n) is 16.6. The van der Waals surface area contributed by atoms with Gasteiger partial charge in [-0.05, 0) is 80.9 Å². The Balaban J connectivity index is 1.22. The van der Waals surface area contributed by atoms with Crippen LogP contribution in [0.2, 0.25) is 0 Å². The minimum Gasteiger partial charge on any atom is -0.421 e. The molecule has 2 atom stereocenters. The molecule has 1 saturated carbocycles. The molecule has 5 aromatic rings. The number of hydrogen-bond acceptors (Lipinski definition) is 12. The molecule has 13 heteroatoms. The van der Waals surface area contributed by atoms with Gasteiger partial charge >= 0.3 is 0 Å². The predicted octanol–water partition coefficient (Wildman–Crippen LogP) is 6.25. The summed E-state index contributed by atoms with van der Waals surface area (Å²) in [5, 5.41) is 12.3. The molecule has 7 heterocycles. The van der Waals surface area contributed by atoms with Crippen molar-refractivity contribution in [3.8, 4) is 21.9 Å². The molecule has 2 fully saturated rings. The summed E-state index contributed by atoms with van der Waals surface area (Å²) in [5.74, 6) is 2.30. The minimum absolute atomic E-state index is 0.0842. The zero-order valence-corrected chi connectivity index (χ0v) is 27.7. The van der Waals surface area contributed by atoms with Gasteiger partial charge in [0.2, 0.25) is 11.8 Å².